The average Bonchev–Trinajstić information content (AvgIpc) is 2.96. The van der Waals surface area contributed by atoms with Crippen LogP contribution in [0.1, 0.15) is 11.1 Å². The predicted octanol–water partition coefficient (Wildman–Crippen LogP) is 2.15. The van der Waals surface area contributed by atoms with Crippen molar-refractivity contribution in [1.82, 2.24) is 5.32 Å². The van der Waals surface area contributed by atoms with E-state index in [1.165, 1.54) is 5.56 Å². The molecule has 1 heterocycles. The lowest BCUT2D eigenvalue weighted by atomic mass is 10.1. The van der Waals surface area contributed by atoms with Crippen LogP contribution in [0.3, 0.4) is 0 Å². The van der Waals surface area contributed by atoms with Gasteiger partial charge < -0.3 is 19.9 Å². The first-order valence-corrected chi connectivity index (χ1v) is 7.63. The number of aliphatic hydroxyl groups is 1. The molecule has 0 saturated heterocycles. The highest BCUT2D eigenvalue weighted by atomic mass is 16.5. The smallest absolute Gasteiger partial charge is 0.126 e. The lowest BCUT2D eigenvalue weighted by Gasteiger charge is -2.11. The summed E-state index contributed by atoms with van der Waals surface area (Å²) in [5, 5.41) is 12.0. The van der Waals surface area contributed by atoms with Gasteiger partial charge in [0.25, 0.3) is 0 Å². The van der Waals surface area contributed by atoms with Crippen molar-refractivity contribution in [3.05, 3.63) is 59.7 Å². The van der Waals surface area contributed by atoms with Crippen molar-refractivity contribution in [2.75, 3.05) is 19.7 Å². The fourth-order valence-corrected chi connectivity index (χ4v) is 2.57. The number of nitrogens with one attached hydrogen (secondary N) is 1. The molecule has 3 rings (SSSR count). The molecule has 0 bridgehead atoms. The minimum absolute atomic E-state index is 0.130. The number of aliphatic hydroxyl groups excluding tert-OH is 1. The van der Waals surface area contributed by atoms with Gasteiger partial charge in [0.05, 0.1) is 6.61 Å². The summed E-state index contributed by atoms with van der Waals surface area (Å²) < 4.78 is 11.7. The number of rotatable bonds is 7. The topological polar surface area (TPSA) is 50.7 Å². The van der Waals surface area contributed by atoms with Crippen LogP contribution in [0.15, 0.2) is 48.5 Å². The first kappa shape index (κ1) is 14.9. The molecule has 2 aromatic carbocycles. The molecular weight excluding hydrogens is 278 g/mol. The van der Waals surface area contributed by atoms with E-state index in [0.717, 1.165) is 30.0 Å². The van der Waals surface area contributed by atoms with Crippen LogP contribution in [-0.2, 0) is 13.0 Å². The number of ether oxygens (including phenoxy) is 2. The maximum Gasteiger partial charge on any atom is 0.126 e. The second kappa shape index (κ2) is 7.29. The van der Waals surface area contributed by atoms with Gasteiger partial charge in [-0.15, -0.1) is 0 Å². The van der Waals surface area contributed by atoms with Gasteiger partial charge >= 0.3 is 0 Å². The van der Waals surface area contributed by atoms with Crippen LogP contribution < -0.4 is 14.8 Å². The third-order valence-corrected chi connectivity index (χ3v) is 3.69. The SMILES string of the molecule is OCCNCC1Cc2ccc(OCc3ccccc3)cc2O1. The van der Waals surface area contributed by atoms with Gasteiger partial charge in [0.15, 0.2) is 0 Å². The third kappa shape index (κ3) is 3.78. The van der Waals surface area contributed by atoms with Crippen molar-refractivity contribution in [2.45, 2.75) is 19.1 Å². The number of hydrogen-bond acceptors (Lipinski definition) is 4. The summed E-state index contributed by atoms with van der Waals surface area (Å²) in [7, 11) is 0. The molecule has 2 N–H and O–H groups in total. The summed E-state index contributed by atoms with van der Waals surface area (Å²) in [6.07, 6.45) is 1.03. The quantitative estimate of drug-likeness (QED) is 0.769. The van der Waals surface area contributed by atoms with E-state index in [1.807, 2.05) is 42.5 Å². The lowest BCUT2D eigenvalue weighted by Crippen LogP contribution is -2.31. The molecule has 116 valence electrons. The Kier molecular flexibility index (Phi) is 4.93. The van der Waals surface area contributed by atoms with Crippen LogP contribution in [0.4, 0.5) is 0 Å². The van der Waals surface area contributed by atoms with Crippen molar-refractivity contribution in [3.8, 4) is 11.5 Å². The zero-order valence-corrected chi connectivity index (χ0v) is 12.5. The van der Waals surface area contributed by atoms with Crippen molar-refractivity contribution in [3.63, 3.8) is 0 Å². The van der Waals surface area contributed by atoms with E-state index in [-0.39, 0.29) is 12.7 Å². The van der Waals surface area contributed by atoms with Gasteiger partial charge in [-0.05, 0) is 17.2 Å². The molecule has 0 aromatic heterocycles. The summed E-state index contributed by atoms with van der Waals surface area (Å²) in [6, 6.07) is 16.1. The molecule has 22 heavy (non-hydrogen) atoms. The second-order valence-corrected chi connectivity index (χ2v) is 5.42. The number of hydrogen-bond donors (Lipinski definition) is 2. The molecule has 1 unspecified atom stereocenters. The Balaban J connectivity index is 1.56. The van der Waals surface area contributed by atoms with Crippen molar-refractivity contribution in [1.29, 1.82) is 0 Å². The lowest BCUT2D eigenvalue weighted by molar-refractivity contribution is 0.218. The van der Waals surface area contributed by atoms with E-state index in [9.17, 15) is 0 Å². The minimum atomic E-state index is 0.130. The monoisotopic (exact) mass is 299 g/mol. The molecule has 0 amide bonds. The van der Waals surface area contributed by atoms with Crippen molar-refractivity contribution < 1.29 is 14.6 Å². The van der Waals surface area contributed by atoms with E-state index < -0.39 is 0 Å². The number of fused-ring (bicyclic) bond motifs is 1. The summed E-state index contributed by atoms with van der Waals surface area (Å²) in [6.45, 7) is 2.05. The van der Waals surface area contributed by atoms with Gasteiger partial charge in [-0.3, -0.25) is 0 Å². The maximum atomic E-state index is 8.78. The fraction of sp³-hybridized carbons (Fsp3) is 0.333. The Hall–Kier alpha value is -2.04. The van der Waals surface area contributed by atoms with Crippen molar-refractivity contribution in [2.24, 2.45) is 0 Å². The summed E-state index contributed by atoms with van der Waals surface area (Å²) >= 11 is 0. The summed E-state index contributed by atoms with van der Waals surface area (Å²) in [5.41, 5.74) is 2.36. The Morgan fingerprint density at radius 1 is 1.18 bits per heavy atom. The van der Waals surface area contributed by atoms with Gasteiger partial charge in [-0.1, -0.05) is 36.4 Å². The van der Waals surface area contributed by atoms with Gasteiger partial charge in [0, 0.05) is 25.6 Å². The first-order chi connectivity index (χ1) is 10.8. The second-order valence-electron chi connectivity index (χ2n) is 5.42. The van der Waals surface area contributed by atoms with Crippen LogP contribution in [0.2, 0.25) is 0 Å². The van der Waals surface area contributed by atoms with E-state index in [0.29, 0.717) is 13.2 Å². The normalized spacial score (nSPS) is 16.1. The van der Waals surface area contributed by atoms with Gasteiger partial charge in [-0.25, -0.2) is 0 Å². The van der Waals surface area contributed by atoms with E-state index in [4.69, 9.17) is 14.6 Å². The highest BCUT2D eigenvalue weighted by Crippen LogP contribution is 2.32. The Labute approximate surface area is 130 Å². The predicted molar refractivity (Wildman–Crippen MR) is 85.3 cm³/mol. The molecule has 0 fully saturated rings. The molecule has 1 aliphatic rings. The fourth-order valence-electron chi connectivity index (χ4n) is 2.57. The molecule has 0 saturated carbocycles. The van der Waals surface area contributed by atoms with Crippen LogP contribution >= 0.6 is 0 Å². The molecule has 1 aliphatic heterocycles. The van der Waals surface area contributed by atoms with Gasteiger partial charge in [0.1, 0.15) is 24.2 Å². The van der Waals surface area contributed by atoms with Gasteiger partial charge in [-0.2, -0.15) is 0 Å². The van der Waals surface area contributed by atoms with E-state index in [2.05, 4.69) is 11.4 Å². The van der Waals surface area contributed by atoms with Crippen LogP contribution in [0.25, 0.3) is 0 Å². The van der Waals surface area contributed by atoms with E-state index in [1.54, 1.807) is 0 Å². The van der Waals surface area contributed by atoms with Gasteiger partial charge in [0.2, 0.25) is 0 Å². The number of benzene rings is 2. The Morgan fingerprint density at radius 2 is 2.05 bits per heavy atom. The molecular formula is C18H21NO3. The summed E-state index contributed by atoms with van der Waals surface area (Å²) in [5.74, 6) is 1.73. The highest BCUT2D eigenvalue weighted by molar-refractivity contribution is 5.43. The Morgan fingerprint density at radius 3 is 2.86 bits per heavy atom. The molecule has 1 atom stereocenters. The molecule has 0 aliphatic carbocycles. The Bertz CT molecular complexity index is 601. The molecule has 0 radical (unpaired) electrons. The van der Waals surface area contributed by atoms with Crippen molar-refractivity contribution >= 4 is 0 Å². The van der Waals surface area contributed by atoms with E-state index >= 15 is 0 Å². The summed E-state index contributed by atoms with van der Waals surface area (Å²) in [4.78, 5) is 0. The molecule has 2 aromatic rings. The highest BCUT2D eigenvalue weighted by Gasteiger charge is 2.22. The van der Waals surface area contributed by atoms with Crippen LogP contribution in [0, 0.1) is 0 Å². The zero-order chi connectivity index (χ0) is 15.2. The standard InChI is InChI=1S/C18H21NO3/c20-9-8-19-12-17-10-15-6-7-16(11-18(15)22-17)21-13-14-4-2-1-3-5-14/h1-7,11,17,19-20H,8-10,12-13H2. The largest absolute Gasteiger partial charge is 0.489 e. The first-order valence-electron chi connectivity index (χ1n) is 7.63. The third-order valence-electron chi connectivity index (χ3n) is 3.69. The zero-order valence-electron chi connectivity index (χ0n) is 12.5. The van der Waals surface area contributed by atoms with Crippen LogP contribution in [-0.4, -0.2) is 30.9 Å². The minimum Gasteiger partial charge on any atom is -0.489 e. The molecule has 4 heteroatoms. The maximum absolute atomic E-state index is 8.78. The average molecular weight is 299 g/mol. The molecule has 4 nitrogen and oxygen atoms in total. The molecule has 0 spiro atoms. The van der Waals surface area contributed by atoms with Crippen LogP contribution in [0.5, 0.6) is 11.5 Å².